The maximum atomic E-state index is 13.7. The van der Waals surface area contributed by atoms with E-state index in [2.05, 4.69) is 15.9 Å². The Morgan fingerprint density at radius 2 is 1.76 bits per heavy atom. The van der Waals surface area contributed by atoms with Crippen molar-refractivity contribution in [2.45, 2.75) is 13.2 Å². The third-order valence-electron chi connectivity index (χ3n) is 2.89. The lowest BCUT2D eigenvalue weighted by Crippen LogP contribution is -2.03. The Hall–Kier alpha value is -1.66. The lowest BCUT2D eigenvalue weighted by molar-refractivity contribution is 0.273. The molecular weight excluding hydrogens is 344 g/mol. The summed E-state index contributed by atoms with van der Waals surface area (Å²) in [5.41, 5.74) is 6.49. The number of methoxy groups -OCH3 is 1. The number of rotatable bonds is 5. The Morgan fingerprint density at radius 1 is 1.10 bits per heavy atom. The molecule has 0 aliphatic rings. The topological polar surface area (TPSA) is 44.5 Å². The lowest BCUT2D eigenvalue weighted by Gasteiger charge is -2.11. The Labute approximate surface area is 129 Å². The largest absolute Gasteiger partial charge is 0.496 e. The Balaban J connectivity index is 2.15. The van der Waals surface area contributed by atoms with Gasteiger partial charge in [-0.05, 0) is 51.3 Å². The van der Waals surface area contributed by atoms with E-state index in [1.807, 2.05) is 0 Å². The lowest BCUT2D eigenvalue weighted by atomic mass is 10.2. The third kappa shape index (κ3) is 3.71. The van der Waals surface area contributed by atoms with E-state index in [-0.39, 0.29) is 13.2 Å². The SMILES string of the molecule is COc1ccc(COc2c(F)cc(CN)cc2F)cc1Br. The van der Waals surface area contributed by atoms with Crippen LogP contribution in [0.4, 0.5) is 8.78 Å². The zero-order chi connectivity index (χ0) is 15.4. The minimum Gasteiger partial charge on any atom is -0.496 e. The average Bonchev–Trinajstić information content (AvgIpc) is 2.46. The zero-order valence-corrected chi connectivity index (χ0v) is 12.9. The summed E-state index contributed by atoms with van der Waals surface area (Å²) in [4.78, 5) is 0. The summed E-state index contributed by atoms with van der Waals surface area (Å²) in [6.07, 6.45) is 0. The van der Waals surface area contributed by atoms with E-state index in [1.54, 1.807) is 25.3 Å². The maximum absolute atomic E-state index is 13.7. The van der Waals surface area contributed by atoms with E-state index < -0.39 is 17.4 Å². The Kier molecular flexibility index (Phi) is 5.14. The first-order valence-corrected chi connectivity index (χ1v) is 6.97. The summed E-state index contributed by atoms with van der Waals surface area (Å²) in [5.74, 6) is -1.26. The Bertz CT molecular complexity index is 627. The third-order valence-corrected chi connectivity index (χ3v) is 3.51. The number of ether oxygens (including phenoxy) is 2. The molecule has 0 spiro atoms. The molecule has 0 saturated heterocycles. The fourth-order valence-electron chi connectivity index (χ4n) is 1.82. The number of hydrogen-bond donors (Lipinski definition) is 1. The van der Waals surface area contributed by atoms with Gasteiger partial charge in [-0.15, -0.1) is 0 Å². The normalized spacial score (nSPS) is 10.5. The van der Waals surface area contributed by atoms with Crippen molar-refractivity contribution in [1.29, 1.82) is 0 Å². The number of hydrogen-bond acceptors (Lipinski definition) is 3. The molecule has 21 heavy (non-hydrogen) atoms. The van der Waals surface area contributed by atoms with E-state index in [0.717, 1.165) is 10.0 Å². The van der Waals surface area contributed by atoms with Gasteiger partial charge in [-0.25, -0.2) is 8.78 Å². The summed E-state index contributed by atoms with van der Waals surface area (Å²) < 4.78 is 38.6. The maximum Gasteiger partial charge on any atom is 0.191 e. The van der Waals surface area contributed by atoms with E-state index in [9.17, 15) is 8.78 Å². The fourth-order valence-corrected chi connectivity index (χ4v) is 2.41. The molecule has 6 heteroatoms. The van der Waals surface area contributed by atoms with Crippen LogP contribution in [0, 0.1) is 11.6 Å². The van der Waals surface area contributed by atoms with Crippen LogP contribution in [0.1, 0.15) is 11.1 Å². The quantitative estimate of drug-likeness (QED) is 0.885. The summed E-state index contributed by atoms with van der Waals surface area (Å²) in [6, 6.07) is 7.61. The van der Waals surface area contributed by atoms with Crippen LogP contribution in [0.5, 0.6) is 11.5 Å². The van der Waals surface area contributed by atoms with Crippen molar-refractivity contribution in [2.75, 3.05) is 7.11 Å². The molecule has 2 aromatic carbocycles. The number of nitrogens with two attached hydrogens (primary N) is 1. The fraction of sp³-hybridized carbons (Fsp3) is 0.200. The smallest absolute Gasteiger partial charge is 0.191 e. The van der Waals surface area contributed by atoms with Crippen molar-refractivity contribution in [2.24, 2.45) is 5.73 Å². The van der Waals surface area contributed by atoms with Gasteiger partial charge < -0.3 is 15.2 Å². The van der Waals surface area contributed by atoms with Gasteiger partial charge in [0, 0.05) is 6.54 Å². The number of halogens is 3. The second kappa shape index (κ2) is 6.87. The van der Waals surface area contributed by atoms with Gasteiger partial charge in [-0.2, -0.15) is 0 Å². The summed E-state index contributed by atoms with van der Waals surface area (Å²) in [7, 11) is 1.56. The van der Waals surface area contributed by atoms with E-state index in [0.29, 0.717) is 11.3 Å². The molecule has 0 fully saturated rings. The van der Waals surface area contributed by atoms with Crippen molar-refractivity contribution >= 4 is 15.9 Å². The van der Waals surface area contributed by atoms with Crippen molar-refractivity contribution < 1.29 is 18.3 Å². The van der Waals surface area contributed by atoms with Crippen LogP contribution >= 0.6 is 15.9 Å². The molecule has 0 saturated carbocycles. The molecule has 0 amide bonds. The minimum absolute atomic E-state index is 0.0401. The summed E-state index contributed by atoms with van der Waals surface area (Å²) >= 11 is 3.34. The van der Waals surface area contributed by atoms with Crippen LogP contribution in [0.15, 0.2) is 34.8 Å². The van der Waals surface area contributed by atoms with E-state index in [1.165, 1.54) is 12.1 Å². The average molecular weight is 358 g/mol. The van der Waals surface area contributed by atoms with Gasteiger partial charge in [0.15, 0.2) is 17.4 Å². The zero-order valence-electron chi connectivity index (χ0n) is 11.3. The van der Waals surface area contributed by atoms with Crippen LogP contribution in [0.2, 0.25) is 0 Å². The molecule has 0 unspecified atom stereocenters. The summed E-state index contributed by atoms with van der Waals surface area (Å²) in [5, 5.41) is 0. The first-order valence-electron chi connectivity index (χ1n) is 6.18. The van der Waals surface area contributed by atoms with E-state index in [4.69, 9.17) is 15.2 Å². The van der Waals surface area contributed by atoms with Crippen molar-refractivity contribution in [3.05, 3.63) is 57.6 Å². The molecule has 112 valence electrons. The molecule has 0 atom stereocenters. The van der Waals surface area contributed by atoms with Crippen molar-refractivity contribution in [3.63, 3.8) is 0 Å². The van der Waals surface area contributed by atoms with Crippen molar-refractivity contribution in [3.8, 4) is 11.5 Å². The van der Waals surface area contributed by atoms with Crippen LogP contribution in [0.25, 0.3) is 0 Å². The van der Waals surface area contributed by atoms with Crippen LogP contribution < -0.4 is 15.2 Å². The highest BCUT2D eigenvalue weighted by Gasteiger charge is 2.13. The Morgan fingerprint density at radius 3 is 2.29 bits per heavy atom. The van der Waals surface area contributed by atoms with Gasteiger partial charge in [0.1, 0.15) is 12.4 Å². The van der Waals surface area contributed by atoms with Crippen LogP contribution in [-0.2, 0) is 13.2 Å². The van der Waals surface area contributed by atoms with E-state index >= 15 is 0 Å². The second-order valence-corrected chi connectivity index (χ2v) is 5.20. The molecular formula is C15H14BrF2NO2. The van der Waals surface area contributed by atoms with Gasteiger partial charge in [0.05, 0.1) is 11.6 Å². The molecule has 0 radical (unpaired) electrons. The van der Waals surface area contributed by atoms with Crippen molar-refractivity contribution in [1.82, 2.24) is 0 Å². The molecule has 0 aromatic heterocycles. The first-order chi connectivity index (χ1) is 10.0. The highest BCUT2D eigenvalue weighted by atomic mass is 79.9. The van der Waals surface area contributed by atoms with Gasteiger partial charge >= 0.3 is 0 Å². The van der Waals surface area contributed by atoms with Gasteiger partial charge in [0.25, 0.3) is 0 Å². The molecule has 2 N–H and O–H groups in total. The molecule has 0 aliphatic heterocycles. The predicted octanol–water partition coefficient (Wildman–Crippen LogP) is 3.77. The van der Waals surface area contributed by atoms with Gasteiger partial charge in [-0.1, -0.05) is 6.07 Å². The standard InChI is InChI=1S/C15H14BrF2NO2/c1-20-14-3-2-9(4-11(14)16)8-21-15-12(17)5-10(7-19)6-13(15)18/h2-6H,7-8,19H2,1H3. The molecule has 0 aliphatic carbocycles. The molecule has 2 rings (SSSR count). The van der Waals surface area contributed by atoms with Crippen LogP contribution in [0.3, 0.4) is 0 Å². The predicted molar refractivity (Wildman–Crippen MR) is 79.3 cm³/mol. The van der Waals surface area contributed by atoms with Crippen LogP contribution in [-0.4, -0.2) is 7.11 Å². The molecule has 3 nitrogen and oxygen atoms in total. The first kappa shape index (κ1) is 15.7. The highest BCUT2D eigenvalue weighted by Crippen LogP contribution is 2.27. The van der Waals surface area contributed by atoms with Gasteiger partial charge in [0.2, 0.25) is 0 Å². The summed E-state index contributed by atoms with van der Waals surface area (Å²) in [6.45, 7) is 0.109. The highest BCUT2D eigenvalue weighted by molar-refractivity contribution is 9.10. The second-order valence-electron chi connectivity index (χ2n) is 4.35. The number of benzene rings is 2. The van der Waals surface area contributed by atoms with Gasteiger partial charge in [-0.3, -0.25) is 0 Å². The molecule has 2 aromatic rings. The molecule has 0 heterocycles. The monoisotopic (exact) mass is 357 g/mol. The molecule has 0 bridgehead atoms. The minimum atomic E-state index is -0.761.